The molecular formula is C18H24N3O4S2+. The van der Waals surface area contributed by atoms with Gasteiger partial charge in [-0.2, -0.15) is 4.31 Å². The number of carbonyl (C=O) groups is 1. The molecule has 1 aliphatic heterocycles. The maximum Gasteiger partial charge on any atom is 0.243 e. The third kappa shape index (κ3) is 4.67. The molecule has 1 fully saturated rings. The molecular weight excluding hydrogens is 386 g/mol. The van der Waals surface area contributed by atoms with Crippen LogP contribution in [0.15, 0.2) is 40.6 Å². The van der Waals surface area contributed by atoms with Crippen LogP contribution in [0.25, 0.3) is 0 Å². The van der Waals surface area contributed by atoms with Gasteiger partial charge in [0.05, 0.1) is 48.7 Å². The van der Waals surface area contributed by atoms with Crippen LogP contribution in [-0.4, -0.2) is 51.9 Å². The number of thiophene rings is 1. The van der Waals surface area contributed by atoms with Gasteiger partial charge in [-0.3, -0.25) is 4.79 Å². The van der Waals surface area contributed by atoms with Gasteiger partial charge in [0.15, 0.2) is 0 Å². The number of anilines is 1. The van der Waals surface area contributed by atoms with Crippen molar-refractivity contribution in [1.29, 1.82) is 0 Å². The van der Waals surface area contributed by atoms with Crippen LogP contribution in [0.4, 0.5) is 5.69 Å². The largest absolute Gasteiger partial charge is 0.495 e. The number of nitrogens with zero attached hydrogens (tertiary/aromatic N) is 1. The summed E-state index contributed by atoms with van der Waals surface area (Å²) in [5.74, 6) is 0.142. The molecule has 1 aromatic carbocycles. The van der Waals surface area contributed by atoms with Crippen molar-refractivity contribution < 1.29 is 22.8 Å². The van der Waals surface area contributed by atoms with Crippen molar-refractivity contribution in [1.82, 2.24) is 4.31 Å². The number of ether oxygens (including phenoxy) is 1. The molecule has 1 saturated heterocycles. The molecule has 1 aliphatic rings. The summed E-state index contributed by atoms with van der Waals surface area (Å²) >= 11 is 1.73. The fourth-order valence-corrected chi connectivity index (χ4v) is 5.41. The Balaban J connectivity index is 1.72. The fraction of sp³-hybridized carbons (Fsp3) is 0.389. The molecule has 2 heterocycles. The summed E-state index contributed by atoms with van der Waals surface area (Å²) in [5.41, 5.74) is 0.355. The molecule has 146 valence electrons. The van der Waals surface area contributed by atoms with Crippen molar-refractivity contribution in [3.05, 3.63) is 40.6 Å². The molecule has 0 aliphatic carbocycles. The molecule has 27 heavy (non-hydrogen) atoms. The molecule has 0 saturated carbocycles. The molecule has 0 spiro atoms. The second kappa shape index (κ2) is 8.39. The van der Waals surface area contributed by atoms with Crippen LogP contribution in [-0.2, 0) is 21.4 Å². The van der Waals surface area contributed by atoms with Crippen molar-refractivity contribution in [3.8, 4) is 5.75 Å². The Labute approximate surface area is 163 Å². The number of amides is 1. The van der Waals surface area contributed by atoms with Crippen LogP contribution in [0.3, 0.4) is 0 Å². The standard InChI is InChI=1S/C18H23N3O4S2/c1-14(22)19-17-12-16(5-6-18(17)25-2)27(23,24)21-9-7-20(8-10-21)13-15-4-3-11-26-15/h3-6,11-12H,7-10,13H2,1-2H3,(H,19,22)/p+1. The summed E-state index contributed by atoms with van der Waals surface area (Å²) in [6, 6.07) is 8.69. The second-order valence-electron chi connectivity index (χ2n) is 6.45. The van der Waals surface area contributed by atoms with E-state index in [4.69, 9.17) is 4.74 Å². The highest BCUT2D eigenvalue weighted by Gasteiger charge is 2.31. The van der Waals surface area contributed by atoms with E-state index in [0.717, 1.165) is 19.6 Å². The number of hydrogen-bond donors (Lipinski definition) is 2. The van der Waals surface area contributed by atoms with Gasteiger partial charge in [0.25, 0.3) is 0 Å². The van der Waals surface area contributed by atoms with Crippen LogP contribution >= 0.6 is 11.3 Å². The highest BCUT2D eigenvalue weighted by atomic mass is 32.2. The average molecular weight is 411 g/mol. The van der Waals surface area contributed by atoms with E-state index in [1.165, 1.54) is 40.2 Å². The zero-order valence-electron chi connectivity index (χ0n) is 15.4. The van der Waals surface area contributed by atoms with Gasteiger partial charge in [0.2, 0.25) is 15.9 Å². The Kier molecular flexibility index (Phi) is 6.15. The number of benzene rings is 1. The van der Waals surface area contributed by atoms with Crippen molar-refractivity contribution in [2.24, 2.45) is 0 Å². The van der Waals surface area contributed by atoms with E-state index in [9.17, 15) is 13.2 Å². The van der Waals surface area contributed by atoms with Crippen LogP contribution in [0.2, 0.25) is 0 Å². The van der Waals surface area contributed by atoms with Crippen LogP contribution < -0.4 is 15.0 Å². The van der Waals surface area contributed by atoms with E-state index >= 15 is 0 Å². The van der Waals surface area contributed by atoms with Gasteiger partial charge in [0, 0.05) is 6.92 Å². The molecule has 7 nitrogen and oxygen atoms in total. The van der Waals surface area contributed by atoms with E-state index in [-0.39, 0.29) is 10.8 Å². The van der Waals surface area contributed by atoms with Crippen molar-refractivity contribution in [2.45, 2.75) is 18.4 Å². The Morgan fingerprint density at radius 2 is 2.04 bits per heavy atom. The summed E-state index contributed by atoms with van der Waals surface area (Å²) in [7, 11) is -2.14. The first-order chi connectivity index (χ1) is 12.9. The van der Waals surface area contributed by atoms with Crippen molar-refractivity contribution in [3.63, 3.8) is 0 Å². The lowest BCUT2D eigenvalue weighted by atomic mass is 10.3. The number of hydrogen-bond acceptors (Lipinski definition) is 5. The minimum absolute atomic E-state index is 0.161. The van der Waals surface area contributed by atoms with Crippen molar-refractivity contribution >= 4 is 33.0 Å². The predicted octanol–water partition coefficient (Wildman–Crippen LogP) is 0.804. The lowest BCUT2D eigenvalue weighted by Crippen LogP contribution is -3.13. The molecule has 9 heteroatoms. The maximum atomic E-state index is 13.0. The van der Waals surface area contributed by atoms with Crippen LogP contribution in [0.5, 0.6) is 5.75 Å². The Morgan fingerprint density at radius 1 is 1.30 bits per heavy atom. The minimum atomic E-state index is -3.62. The zero-order chi connectivity index (χ0) is 19.4. The molecule has 2 aromatic rings. The Morgan fingerprint density at radius 3 is 2.63 bits per heavy atom. The van der Waals surface area contributed by atoms with Crippen LogP contribution in [0, 0.1) is 0 Å². The number of piperazine rings is 1. The van der Waals surface area contributed by atoms with E-state index < -0.39 is 10.0 Å². The minimum Gasteiger partial charge on any atom is -0.495 e. The van der Waals surface area contributed by atoms with Gasteiger partial charge in [0.1, 0.15) is 12.3 Å². The molecule has 1 amide bonds. The molecule has 1 aromatic heterocycles. The van der Waals surface area contributed by atoms with Crippen molar-refractivity contribution in [2.75, 3.05) is 38.6 Å². The summed E-state index contributed by atoms with van der Waals surface area (Å²) < 4.78 is 32.7. The van der Waals surface area contributed by atoms with Gasteiger partial charge < -0.3 is 15.0 Å². The average Bonchev–Trinajstić information content (AvgIpc) is 3.14. The normalized spacial score (nSPS) is 16.2. The fourth-order valence-electron chi connectivity index (χ4n) is 3.16. The number of nitrogens with one attached hydrogen (secondary N) is 2. The summed E-state index contributed by atoms with van der Waals surface area (Å²) in [6.45, 7) is 4.80. The molecule has 0 bridgehead atoms. The number of carbonyl (C=O) groups excluding carboxylic acids is 1. The van der Waals surface area contributed by atoms with Gasteiger partial charge in [-0.15, -0.1) is 11.3 Å². The Hall–Kier alpha value is -1.94. The highest BCUT2D eigenvalue weighted by Crippen LogP contribution is 2.29. The smallest absolute Gasteiger partial charge is 0.243 e. The summed E-state index contributed by atoms with van der Waals surface area (Å²) in [4.78, 5) is 14.2. The number of methoxy groups -OCH3 is 1. The monoisotopic (exact) mass is 410 g/mol. The summed E-state index contributed by atoms with van der Waals surface area (Å²) in [6.07, 6.45) is 0. The van der Waals surface area contributed by atoms with Gasteiger partial charge in [-0.05, 0) is 29.6 Å². The third-order valence-electron chi connectivity index (χ3n) is 4.55. The van der Waals surface area contributed by atoms with Crippen LogP contribution in [0.1, 0.15) is 11.8 Å². The molecule has 0 radical (unpaired) electrons. The lowest BCUT2D eigenvalue weighted by Gasteiger charge is -2.31. The first-order valence-corrected chi connectivity index (χ1v) is 11.0. The zero-order valence-corrected chi connectivity index (χ0v) is 17.0. The third-order valence-corrected chi connectivity index (χ3v) is 7.32. The molecule has 2 N–H and O–H groups in total. The maximum absolute atomic E-state index is 13.0. The molecule has 3 rings (SSSR count). The number of quaternary nitrogens is 1. The topological polar surface area (TPSA) is 80.2 Å². The molecule has 0 atom stereocenters. The first kappa shape index (κ1) is 19.8. The predicted molar refractivity (Wildman–Crippen MR) is 105 cm³/mol. The van der Waals surface area contributed by atoms with E-state index in [2.05, 4.69) is 16.8 Å². The quantitative estimate of drug-likeness (QED) is 0.739. The summed E-state index contributed by atoms with van der Waals surface area (Å²) in [5, 5.41) is 4.68. The first-order valence-electron chi connectivity index (χ1n) is 8.72. The Bertz CT molecular complexity index is 889. The van der Waals surface area contributed by atoms with E-state index in [1.807, 2.05) is 6.07 Å². The SMILES string of the molecule is COc1ccc(S(=O)(=O)N2CC[NH+](Cc3cccs3)CC2)cc1NC(C)=O. The highest BCUT2D eigenvalue weighted by molar-refractivity contribution is 7.89. The lowest BCUT2D eigenvalue weighted by molar-refractivity contribution is -0.917. The number of sulfonamides is 1. The molecule has 0 unspecified atom stereocenters. The number of rotatable bonds is 6. The van der Waals surface area contributed by atoms with Gasteiger partial charge in [-0.1, -0.05) is 6.07 Å². The second-order valence-corrected chi connectivity index (χ2v) is 9.42. The van der Waals surface area contributed by atoms with E-state index in [1.54, 1.807) is 17.4 Å². The van der Waals surface area contributed by atoms with Gasteiger partial charge >= 0.3 is 0 Å². The van der Waals surface area contributed by atoms with Gasteiger partial charge in [-0.25, -0.2) is 8.42 Å². The van der Waals surface area contributed by atoms with E-state index in [0.29, 0.717) is 24.5 Å².